The Morgan fingerprint density at radius 2 is 2.10 bits per heavy atom. The summed E-state index contributed by atoms with van der Waals surface area (Å²) in [6.45, 7) is 3.98. The van der Waals surface area contributed by atoms with Gasteiger partial charge in [0.25, 0.3) is 11.7 Å². The zero-order valence-electron chi connectivity index (χ0n) is 16.6. The molecule has 0 saturated carbocycles. The van der Waals surface area contributed by atoms with E-state index in [1.807, 2.05) is 18.2 Å². The molecule has 0 aliphatic carbocycles. The van der Waals surface area contributed by atoms with Gasteiger partial charge in [0.05, 0.1) is 12.1 Å². The van der Waals surface area contributed by atoms with E-state index in [1.165, 1.54) is 12.1 Å². The summed E-state index contributed by atoms with van der Waals surface area (Å²) in [5.41, 5.74) is 2.58. The zero-order valence-corrected chi connectivity index (χ0v) is 16.6. The summed E-state index contributed by atoms with van der Waals surface area (Å²) in [4.78, 5) is 34.9. The zero-order chi connectivity index (χ0) is 21.3. The number of aryl methyl sites for hydroxylation is 2. The highest BCUT2D eigenvalue weighted by molar-refractivity contribution is 6.04. The lowest BCUT2D eigenvalue weighted by atomic mass is 9.93. The van der Waals surface area contributed by atoms with Crippen molar-refractivity contribution in [2.24, 2.45) is 0 Å². The van der Waals surface area contributed by atoms with Crippen LogP contribution in [0.4, 0.5) is 15.9 Å². The van der Waals surface area contributed by atoms with Crippen molar-refractivity contribution in [2.45, 2.75) is 32.6 Å². The quantitative estimate of drug-likeness (QED) is 0.710. The van der Waals surface area contributed by atoms with E-state index in [9.17, 15) is 14.0 Å². The minimum atomic E-state index is -0.467. The molecule has 8 nitrogen and oxygen atoms in total. The Kier molecular flexibility index (Phi) is 5.26. The van der Waals surface area contributed by atoms with Gasteiger partial charge in [0, 0.05) is 19.2 Å². The van der Waals surface area contributed by atoms with Gasteiger partial charge < -0.3 is 14.7 Å². The molecule has 4 rings (SSSR count). The minimum absolute atomic E-state index is 0.0315. The van der Waals surface area contributed by atoms with Gasteiger partial charge in [-0.15, -0.1) is 0 Å². The molecule has 0 fully saturated rings. The van der Waals surface area contributed by atoms with Crippen LogP contribution in [0.15, 0.2) is 41.1 Å². The van der Waals surface area contributed by atoms with Crippen LogP contribution in [0.5, 0.6) is 0 Å². The third kappa shape index (κ3) is 3.91. The molecule has 3 aromatic rings. The lowest BCUT2D eigenvalue weighted by Gasteiger charge is -2.29. The number of halogens is 1. The van der Waals surface area contributed by atoms with Gasteiger partial charge in [-0.3, -0.25) is 9.59 Å². The van der Waals surface area contributed by atoms with Crippen molar-refractivity contribution in [3.63, 3.8) is 0 Å². The number of amides is 2. The van der Waals surface area contributed by atoms with Crippen LogP contribution in [0.25, 0.3) is 0 Å². The van der Waals surface area contributed by atoms with E-state index in [-0.39, 0.29) is 17.6 Å². The number of fused-ring (bicyclic) bond motifs is 1. The van der Waals surface area contributed by atoms with Crippen LogP contribution >= 0.6 is 0 Å². The largest absolute Gasteiger partial charge is 0.339 e. The van der Waals surface area contributed by atoms with Crippen LogP contribution in [0, 0.1) is 12.7 Å². The number of rotatable bonds is 4. The molecule has 0 saturated heterocycles. The average Bonchev–Trinajstić information content (AvgIpc) is 3.19. The first-order valence-electron chi connectivity index (χ1n) is 9.60. The SMILES string of the molecule is Cc1nc(C(=O)N2CCCc3cc([C@@H](C)C(=O)Nc4ccc(F)cn4)ccc32)no1. The van der Waals surface area contributed by atoms with Crippen LogP contribution < -0.4 is 10.2 Å². The molecule has 9 heteroatoms. The molecular weight excluding hydrogens is 389 g/mol. The highest BCUT2D eigenvalue weighted by Gasteiger charge is 2.28. The van der Waals surface area contributed by atoms with Crippen molar-refractivity contribution in [1.29, 1.82) is 0 Å². The van der Waals surface area contributed by atoms with E-state index in [1.54, 1.807) is 18.7 Å². The number of carbonyl (C=O) groups is 2. The lowest BCUT2D eigenvalue weighted by molar-refractivity contribution is -0.117. The van der Waals surface area contributed by atoms with Gasteiger partial charge in [-0.25, -0.2) is 9.37 Å². The molecule has 1 aliphatic heterocycles. The first-order valence-corrected chi connectivity index (χ1v) is 9.60. The predicted octanol–water partition coefficient (Wildman–Crippen LogP) is 3.25. The van der Waals surface area contributed by atoms with Gasteiger partial charge in [0.15, 0.2) is 0 Å². The lowest BCUT2D eigenvalue weighted by Crippen LogP contribution is -2.36. The van der Waals surface area contributed by atoms with Crippen molar-refractivity contribution >= 4 is 23.3 Å². The van der Waals surface area contributed by atoms with Crippen molar-refractivity contribution in [3.05, 3.63) is 65.2 Å². The Bertz CT molecular complexity index is 1100. The van der Waals surface area contributed by atoms with Gasteiger partial charge in [-0.2, -0.15) is 4.98 Å². The number of nitrogens with zero attached hydrogens (tertiary/aromatic N) is 4. The Morgan fingerprint density at radius 1 is 1.27 bits per heavy atom. The molecule has 0 radical (unpaired) electrons. The average molecular weight is 409 g/mol. The second kappa shape index (κ2) is 8.02. The Hall–Kier alpha value is -3.62. The fourth-order valence-electron chi connectivity index (χ4n) is 3.44. The van der Waals surface area contributed by atoms with Crippen LogP contribution in [-0.2, 0) is 11.2 Å². The smallest absolute Gasteiger partial charge is 0.299 e. The maximum atomic E-state index is 13.0. The monoisotopic (exact) mass is 409 g/mol. The second-order valence-corrected chi connectivity index (χ2v) is 7.16. The molecule has 154 valence electrons. The van der Waals surface area contributed by atoms with Gasteiger partial charge in [-0.05, 0) is 49.1 Å². The summed E-state index contributed by atoms with van der Waals surface area (Å²) in [7, 11) is 0. The molecular formula is C21H20FN5O3. The molecule has 1 aromatic carbocycles. The van der Waals surface area contributed by atoms with E-state index in [0.29, 0.717) is 18.3 Å². The maximum Gasteiger partial charge on any atom is 0.299 e. The number of hydrogen-bond acceptors (Lipinski definition) is 6. The van der Waals surface area contributed by atoms with E-state index in [2.05, 4.69) is 20.4 Å². The normalized spacial score (nSPS) is 14.2. The summed E-state index contributed by atoms with van der Waals surface area (Å²) in [5, 5.41) is 6.41. The van der Waals surface area contributed by atoms with E-state index in [0.717, 1.165) is 35.9 Å². The third-order valence-electron chi connectivity index (χ3n) is 5.06. The first-order chi connectivity index (χ1) is 14.4. The van der Waals surface area contributed by atoms with Crippen molar-refractivity contribution in [3.8, 4) is 0 Å². The van der Waals surface area contributed by atoms with Crippen molar-refractivity contribution in [2.75, 3.05) is 16.8 Å². The number of hydrogen-bond donors (Lipinski definition) is 1. The fourth-order valence-corrected chi connectivity index (χ4v) is 3.44. The Labute approximate surface area is 172 Å². The highest BCUT2D eigenvalue weighted by atomic mass is 19.1. The van der Waals surface area contributed by atoms with Gasteiger partial charge in [0.1, 0.15) is 11.6 Å². The van der Waals surface area contributed by atoms with E-state index in [4.69, 9.17) is 4.52 Å². The molecule has 30 heavy (non-hydrogen) atoms. The molecule has 0 spiro atoms. The summed E-state index contributed by atoms with van der Waals surface area (Å²) in [6, 6.07) is 8.26. The van der Waals surface area contributed by atoms with Gasteiger partial charge in [-0.1, -0.05) is 17.3 Å². The van der Waals surface area contributed by atoms with Crippen LogP contribution in [0.3, 0.4) is 0 Å². The number of nitrogens with one attached hydrogen (secondary N) is 1. The van der Waals surface area contributed by atoms with E-state index < -0.39 is 11.7 Å². The van der Waals surface area contributed by atoms with Crippen LogP contribution in [0.1, 0.15) is 46.9 Å². The minimum Gasteiger partial charge on any atom is -0.339 e. The Balaban J connectivity index is 1.53. The summed E-state index contributed by atoms with van der Waals surface area (Å²) in [5.74, 6) is -0.823. The maximum absolute atomic E-state index is 13.0. The molecule has 0 bridgehead atoms. The number of benzene rings is 1. The Morgan fingerprint density at radius 3 is 2.80 bits per heavy atom. The van der Waals surface area contributed by atoms with Crippen LogP contribution in [0.2, 0.25) is 0 Å². The second-order valence-electron chi connectivity index (χ2n) is 7.16. The molecule has 1 atom stereocenters. The number of aromatic nitrogens is 3. The van der Waals surface area contributed by atoms with Crippen molar-refractivity contribution < 1.29 is 18.5 Å². The summed E-state index contributed by atoms with van der Waals surface area (Å²) in [6.07, 6.45) is 2.64. The molecule has 2 aromatic heterocycles. The first kappa shape index (κ1) is 19.7. The number of carbonyl (C=O) groups excluding carboxylic acids is 2. The molecule has 0 unspecified atom stereocenters. The topological polar surface area (TPSA) is 101 Å². The molecule has 1 N–H and O–H groups in total. The standard InChI is InChI=1S/C21H20FN5O3/c1-12(20(28)25-18-8-6-16(22)11-23-18)14-5-7-17-15(10-14)4-3-9-27(17)21(29)19-24-13(2)30-26-19/h5-8,10-12H,3-4,9H2,1-2H3,(H,23,25,28)/t12-/m1/s1. The summed E-state index contributed by atoms with van der Waals surface area (Å²) >= 11 is 0. The third-order valence-corrected chi connectivity index (χ3v) is 5.06. The number of anilines is 2. The number of pyridine rings is 1. The van der Waals surface area contributed by atoms with Gasteiger partial charge in [0.2, 0.25) is 11.8 Å². The molecule has 1 aliphatic rings. The van der Waals surface area contributed by atoms with Gasteiger partial charge >= 0.3 is 0 Å². The predicted molar refractivity (Wildman–Crippen MR) is 107 cm³/mol. The van der Waals surface area contributed by atoms with Crippen molar-refractivity contribution in [1.82, 2.24) is 15.1 Å². The fraction of sp³-hybridized carbons (Fsp3) is 0.286. The molecule has 3 heterocycles. The molecule has 2 amide bonds. The summed E-state index contributed by atoms with van der Waals surface area (Å²) < 4.78 is 17.9. The van der Waals surface area contributed by atoms with Crippen LogP contribution in [-0.4, -0.2) is 33.5 Å². The van der Waals surface area contributed by atoms with E-state index >= 15 is 0 Å². The highest BCUT2D eigenvalue weighted by Crippen LogP contribution is 2.31.